The van der Waals surface area contributed by atoms with Crippen LogP contribution in [0.15, 0.2) is 48.5 Å². The number of nitrogens with two attached hydrogens (primary N) is 1. The van der Waals surface area contributed by atoms with Gasteiger partial charge < -0.3 is 11.1 Å². The Morgan fingerprint density at radius 1 is 1.17 bits per heavy atom. The highest BCUT2D eigenvalue weighted by Gasteiger charge is 2.37. The molecule has 0 saturated heterocycles. The summed E-state index contributed by atoms with van der Waals surface area (Å²) in [6.07, 6.45) is 4.64. The van der Waals surface area contributed by atoms with Gasteiger partial charge in [-0.1, -0.05) is 42.8 Å². The van der Waals surface area contributed by atoms with Gasteiger partial charge in [-0.2, -0.15) is 0 Å². The topological polar surface area (TPSA) is 55.1 Å². The third-order valence-electron chi connectivity index (χ3n) is 4.97. The minimum atomic E-state index is -0.0193. The van der Waals surface area contributed by atoms with Crippen molar-refractivity contribution in [3.05, 3.63) is 65.2 Å². The van der Waals surface area contributed by atoms with E-state index in [2.05, 4.69) is 29.6 Å². The summed E-state index contributed by atoms with van der Waals surface area (Å²) in [6.45, 7) is 2.67. The Morgan fingerprint density at radius 3 is 2.57 bits per heavy atom. The van der Waals surface area contributed by atoms with Crippen molar-refractivity contribution in [2.24, 2.45) is 5.41 Å². The normalized spacial score (nSPS) is 15.7. The summed E-state index contributed by atoms with van der Waals surface area (Å²) in [6, 6.07) is 16.0. The second-order valence-electron chi connectivity index (χ2n) is 6.77. The summed E-state index contributed by atoms with van der Waals surface area (Å²) >= 11 is 0. The van der Waals surface area contributed by atoms with E-state index in [9.17, 15) is 4.79 Å². The van der Waals surface area contributed by atoms with Gasteiger partial charge in [0.2, 0.25) is 0 Å². The summed E-state index contributed by atoms with van der Waals surface area (Å²) in [5.41, 5.74) is 9.64. The van der Waals surface area contributed by atoms with Crippen molar-refractivity contribution in [1.29, 1.82) is 0 Å². The van der Waals surface area contributed by atoms with Crippen LogP contribution in [0.5, 0.6) is 0 Å². The Kier molecular flexibility index (Phi) is 4.37. The molecule has 0 heterocycles. The number of anilines is 1. The Bertz CT molecular complexity index is 690. The summed E-state index contributed by atoms with van der Waals surface area (Å²) < 4.78 is 0. The molecule has 3 N–H and O–H groups in total. The van der Waals surface area contributed by atoms with Crippen LogP contribution < -0.4 is 11.1 Å². The van der Waals surface area contributed by atoms with Crippen LogP contribution in [0.1, 0.15) is 40.7 Å². The number of hydrogen-bond donors (Lipinski definition) is 2. The maximum absolute atomic E-state index is 12.5. The molecule has 23 heavy (non-hydrogen) atoms. The van der Waals surface area contributed by atoms with Crippen molar-refractivity contribution < 1.29 is 4.79 Å². The SMILES string of the molecule is Cc1ccc(N)cc1C(=O)NCC1(Cc2ccccc2)CCC1. The highest BCUT2D eigenvalue weighted by Crippen LogP contribution is 2.43. The van der Waals surface area contributed by atoms with Crippen LogP contribution in [-0.4, -0.2) is 12.5 Å². The Balaban J connectivity index is 1.66. The van der Waals surface area contributed by atoms with Crippen LogP contribution in [0.4, 0.5) is 5.69 Å². The lowest BCUT2D eigenvalue weighted by molar-refractivity contribution is 0.0859. The van der Waals surface area contributed by atoms with Crippen molar-refractivity contribution in [2.75, 3.05) is 12.3 Å². The summed E-state index contributed by atoms with van der Waals surface area (Å²) in [7, 11) is 0. The van der Waals surface area contributed by atoms with E-state index in [4.69, 9.17) is 5.73 Å². The third kappa shape index (κ3) is 3.55. The maximum Gasteiger partial charge on any atom is 0.251 e. The van der Waals surface area contributed by atoms with Crippen molar-refractivity contribution in [2.45, 2.75) is 32.6 Å². The number of carbonyl (C=O) groups excluding carboxylic acids is 1. The lowest BCUT2D eigenvalue weighted by atomic mass is 9.65. The van der Waals surface area contributed by atoms with Crippen LogP contribution in [0.3, 0.4) is 0 Å². The molecule has 0 atom stereocenters. The number of amides is 1. The molecule has 2 aromatic rings. The first-order valence-corrected chi connectivity index (χ1v) is 8.26. The van der Waals surface area contributed by atoms with Gasteiger partial charge in [0, 0.05) is 17.8 Å². The van der Waals surface area contributed by atoms with Crippen molar-refractivity contribution in [3.8, 4) is 0 Å². The van der Waals surface area contributed by atoms with E-state index in [-0.39, 0.29) is 11.3 Å². The van der Waals surface area contributed by atoms with E-state index in [1.165, 1.54) is 24.8 Å². The van der Waals surface area contributed by atoms with Gasteiger partial charge in [-0.3, -0.25) is 4.79 Å². The zero-order valence-corrected chi connectivity index (χ0v) is 13.6. The molecule has 0 aromatic heterocycles. The summed E-state index contributed by atoms with van der Waals surface area (Å²) in [4.78, 5) is 12.5. The maximum atomic E-state index is 12.5. The molecule has 3 rings (SSSR count). The molecule has 3 heteroatoms. The number of nitrogen functional groups attached to an aromatic ring is 1. The summed E-state index contributed by atoms with van der Waals surface area (Å²) in [5.74, 6) is -0.0193. The largest absolute Gasteiger partial charge is 0.399 e. The van der Waals surface area contributed by atoms with E-state index in [1.807, 2.05) is 25.1 Å². The Hall–Kier alpha value is -2.29. The van der Waals surface area contributed by atoms with Gasteiger partial charge in [-0.25, -0.2) is 0 Å². The molecule has 0 bridgehead atoms. The highest BCUT2D eigenvalue weighted by atomic mass is 16.1. The standard InChI is InChI=1S/C20H24N2O/c1-15-8-9-17(21)12-18(15)19(23)22-14-20(10-5-11-20)13-16-6-3-2-4-7-16/h2-4,6-9,12H,5,10-11,13-14,21H2,1H3,(H,22,23). The van der Waals surface area contributed by atoms with E-state index in [0.717, 1.165) is 18.5 Å². The quantitative estimate of drug-likeness (QED) is 0.827. The molecule has 1 aliphatic rings. The van der Waals surface area contributed by atoms with Gasteiger partial charge in [0.05, 0.1) is 0 Å². The number of carbonyl (C=O) groups is 1. The third-order valence-corrected chi connectivity index (χ3v) is 4.97. The molecule has 120 valence electrons. The number of benzene rings is 2. The zero-order chi connectivity index (χ0) is 16.3. The second kappa shape index (κ2) is 6.45. The van der Waals surface area contributed by atoms with Crippen molar-refractivity contribution in [1.82, 2.24) is 5.32 Å². The number of rotatable bonds is 5. The molecule has 1 saturated carbocycles. The van der Waals surface area contributed by atoms with Crippen molar-refractivity contribution >= 4 is 11.6 Å². The van der Waals surface area contributed by atoms with Gasteiger partial charge in [0.15, 0.2) is 0 Å². The molecule has 0 aliphatic heterocycles. The monoisotopic (exact) mass is 308 g/mol. The van der Waals surface area contributed by atoms with Gasteiger partial charge in [-0.05, 0) is 54.9 Å². The first-order valence-electron chi connectivity index (χ1n) is 8.26. The zero-order valence-electron chi connectivity index (χ0n) is 13.6. The smallest absolute Gasteiger partial charge is 0.251 e. The Morgan fingerprint density at radius 2 is 1.91 bits per heavy atom. The van der Waals surface area contributed by atoms with Gasteiger partial charge >= 0.3 is 0 Å². The van der Waals surface area contributed by atoms with Crippen molar-refractivity contribution in [3.63, 3.8) is 0 Å². The minimum Gasteiger partial charge on any atom is -0.399 e. The molecule has 0 unspecified atom stereocenters. The van der Waals surface area contributed by atoms with Gasteiger partial charge in [0.25, 0.3) is 5.91 Å². The second-order valence-corrected chi connectivity index (χ2v) is 6.77. The predicted octanol–water partition coefficient (Wildman–Crippen LogP) is 3.72. The average Bonchev–Trinajstić information content (AvgIpc) is 2.53. The van der Waals surface area contributed by atoms with Crippen LogP contribution >= 0.6 is 0 Å². The average molecular weight is 308 g/mol. The molecular weight excluding hydrogens is 284 g/mol. The highest BCUT2D eigenvalue weighted by molar-refractivity contribution is 5.96. The molecule has 2 aromatic carbocycles. The first-order chi connectivity index (χ1) is 11.1. The lowest BCUT2D eigenvalue weighted by Gasteiger charge is -2.42. The molecule has 1 fully saturated rings. The van der Waals surface area contributed by atoms with Gasteiger partial charge in [0.1, 0.15) is 0 Å². The van der Waals surface area contributed by atoms with Gasteiger partial charge in [-0.15, -0.1) is 0 Å². The molecule has 0 radical (unpaired) electrons. The number of aryl methyl sites for hydroxylation is 1. The van der Waals surface area contributed by atoms with E-state index in [0.29, 0.717) is 11.3 Å². The van der Waals surface area contributed by atoms with Crippen LogP contribution in [0, 0.1) is 12.3 Å². The molecular formula is C20H24N2O. The lowest BCUT2D eigenvalue weighted by Crippen LogP contribution is -2.43. The predicted molar refractivity (Wildman–Crippen MR) is 94.4 cm³/mol. The summed E-state index contributed by atoms with van der Waals surface area (Å²) in [5, 5.41) is 3.14. The van der Waals surface area contributed by atoms with Crippen LogP contribution in [0.25, 0.3) is 0 Å². The number of hydrogen-bond acceptors (Lipinski definition) is 2. The Labute approximate surface area is 137 Å². The minimum absolute atomic E-state index is 0.0193. The van der Waals surface area contributed by atoms with E-state index >= 15 is 0 Å². The number of nitrogens with one attached hydrogen (secondary N) is 1. The van der Waals surface area contributed by atoms with E-state index in [1.54, 1.807) is 6.07 Å². The molecule has 1 amide bonds. The fourth-order valence-corrected chi connectivity index (χ4v) is 3.37. The first kappa shape index (κ1) is 15.6. The molecule has 3 nitrogen and oxygen atoms in total. The fraction of sp³-hybridized carbons (Fsp3) is 0.350. The fourth-order valence-electron chi connectivity index (χ4n) is 3.37. The molecule has 0 spiro atoms. The van der Waals surface area contributed by atoms with E-state index < -0.39 is 0 Å². The van der Waals surface area contributed by atoms with Crippen LogP contribution in [-0.2, 0) is 6.42 Å². The molecule has 1 aliphatic carbocycles. The van der Waals surface area contributed by atoms with Crippen LogP contribution in [0.2, 0.25) is 0 Å².